The van der Waals surface area contributed by atoms with E-state index in [4.69, 9.17) is 0 Å². The summed E-state index contributed by atoms with van der Waals surface area (Å²) in [7, 11) is 1.84. The molecule has 2 aromatic rings. The highest BCUT2D eigenvalue weighted by atomic mass is 16.2. The van der Waals surface area contributed by atoms with Crippen LogP contribution in [0.25, 0.3) is 0 Å². The standard InChI is InChI=1S/C24H32N4O2/c1-19-24(13-8-16-28(19)22(29)21-17-25-18-26(21)2)12-7-15-27(23(24)30)14-6-11-20-9-4-3-5-10-20/h3-5,9-10,17-19H,6-8,11-16H2,1-2H3/t19-,24-/m0/s1. The van der Waals surface area contributed by atoms with Crippen LogP contribution >= 0.6 is 0 Å². The fraction of sp³-hybridized carbons (Fsp3) is 0.542. The van der Waals surface area contributed by atoms with E-state index >= 15 is 0 Å². The molecule has 4 rings (SSSR count). The van der Waals surface area contributed by atoms with Crippen LogP contribution < -0.4 is 0 Å². The molecule has 1 aromatic heterocycles. The second-order valence-corrected chi connectivity index (χ2v) is 8.81. The number of carbonyl (C=O) groups is 2. The molecule has 2 aliphatic heterocycles. The first-order valence-corrected chi connectivity index (χ1v) is 11.1. The lowest BCUT2D eigenvalue weighted by Gasteiger charge is -2.51. The molecule has 160 valence electrons. The highest BCUT2D eigenvalue weighted by Crippen LogP contribution is 2.44. The van der Waals surface area contributed by atoms with E-state index < -0.39 is 5.41 Å². The number of carbonyl (C=O) groups excluding carboxylic acids is 2. The van der Waals surface area contributed by atoms with Gasteiger partial charge in [-0.1, -0.05) is 30.3 Å². The molecule has 0 aliphatic carbocycles. The number of hydrogen-bond acceptors (Lipinski definition) is 3. The summed E-state index contributed by atoms with van der Waals surface area (Å²) in [6, 6.07) is 10.3. The van der Waals surface area contributed by atoms with Gasteiger partial charge in [-0.15, -0.1) is 0 Å². The van der Waals surface area contributed by atoms with E-state index in [9.17, 15) is 9.59 Å². The van der Waals surface area contributed by atoms with Gasteiger partial charge in [-0.25, -0.2) is 4.98 Å². The number of hydrogen-bond donors (Lipinski definition) is 0. The van der Waals surface area contributed by atoms with E-state index in [1.165, 1.54) is 5.56 Å². The number of piperidine rings is 2. The number of imidazole rings is 1. The molecule has 0 saturated carbocycles. The minimum atomic E-state index is -0.447. The summed E-state index contributed by atoms with van der Waals surface area (Å²) in [6.45, 7) is 4.39. The van der Waals surface area contributed by atoms with Crippen molar-refractivity contribution < 1.29 is 9.59 Å². The Morgan fingerprint density at radius 2 is 1.90 bits per heavy atom. The zero-order chi connectivity index (χ0) is 21.1. The van der Waals surface area contributed by atoms with Gasteiger partial charge in [-0.05, 0) is 51.0 Å². The predicted molar refractivity (Wildman–Crippen MR) is 116 cm³/mol. The lowest BCUT2D eigenvalue weighted by molar-refractivity contribution is -0.153. The van der Waals surface area contributed by atoms with Crippen molar-refractivity contribution in [1.29, 1.82) is 0 Å². The zero-order valence-corrected chi connectivity index (χ0v) is 18.1. The lowest BCUT2D eigenvalue weighted by Crippen LogP contribution is -2.62. The fourth-order valence-corrected chi connectivity index (χ4v) is 5.31. The highest BCUT2D eigenvalue weighted by Gasteiger charge is 2.52. The summed E-state index contributed by atoms with van der Waals surface area (Å²) in [5.74, 6) is 0.229. The Hall–Kier alpha value is -2.63. The molecule has 2 aliphatic rings. The van der Waals surface area contributed by atoms with Crippen molar-refractivity contribution >= 4 is 11.8 Å². The van der Waals surface area contributed by atoms with Crippen LogP contribution in [0.15, 0.2) is 42.9 Å². The van der Waals surface area contributed by atoms with Crippen LogP contribution in [-0.4, -0.2) is 56.8 Å². The topological polar surface area (TPSA) is 58.4 Å². The van der Waals surface area contributed by atoms with Gasteiger partial charge in [-0.2, -0.15) is 0 Å². The molecule has 0 unspecified atom stereocenters. The zero-order valence-electron chi connectivity index (χ0n) is 18.1. The molecule has 0 bridgehead atoms. The average Bonchev–Trinajstić information content (AvgIpc) is 3.19. The first kappa shape index (κ1) is 20.6. The first-order chi connectivity index (χ1) is 14.5. The molecule has 1 spiro atoms. The smallest absolute Gasteiger partial charge is 0.272 e. The van der Waals surface area contributed by atoms with Crippen LogP contribution in [0.5, 0.6) is 0 Å². The molecular weight excluding hydrogens is 376 g/mol. The summed E-state index contributed by atoms with van der Waals surface area (Å²) in [5, 5.41) is 0. The van der Waals surface area contributed by atoms with Crippen molar-refractivity contribution in [1.82, 2.24) is 19.4 Å². The van der Waals surface area contributed by atoms with Crippen molar-refractivity contribution in [3.8, 4) is 0 Å². The number of benzene rings is 1. The molecular formula is C24H32N4O2. The Balaban J connectivity index is 1.46. The normalized spacial score (nSPS) is 24.5. The van der Waals surface area contributed by atoms with Crippen LogP contribution in [0.4, 0.5) is 0 Å². The van der Waals surface area contributed by atoms with Gasteiger partial charge in [-0.3, -0.25) is 9.59 Å². The molecule has 30 heavy (non-hydrogen) atoms. The lowest BCUT2D eigenvalue weighted by atomic mass is 9.67. The van der Waals surface area contributed by atoms with E-state index in [1.807, 2.05) is 18.0 Å². The highest BCUT2D eigenvalue weighted by molar-refractivity contribution is 5.94. The molecule has 3 heterocycles. The van der Waals surface area contributed by atoms with Gasteiger partial charge in [0.1, 0.15) is 5.69 Å². The van der Waals surface area contributed by atoms with Gasteiger partial charge in [0.05, 0.1) is 17.9 Å². The SMILES string of the molecule is C[C@@H]1N(C(=O)c2cncn2C)CCC[C@@]12CCCN(CCCc1ccccc1)C2=O. The molecule has 1 aromatic carbocycles. The second-order valence-electron chi connectivity index (χ2n) is 8.81. The average molecular weight is 409 g/mol. The molecule has 0 N–H and O–H groups in total. The molecule has 2 amide bonds. The van der Waals surface area contributed by atoms with E-state index in [2.05, 4.69) is 41.1 Å². The Bertz CT molecular complexity index is 890. The maximum absolute atomic E-state index is 13.6. The van der Waals surface area contributed by atoms with Crippen molar-refractivity contribution in [3.63, 3.8) is 0 Å². The molecule has 0 radical (unpaired) electrons. The summed E-state index contributed by atoms with van der Waals surface area (Å²) in [4.78, 5) is 34.9. The summed E-state index contributed by atoms with van der Waals surface area (Å²) in [6.07, 6.45) is 8.85. The molecule has 6 nitrogen and oxygen atoms in total. The van der Waals surface area contributed by atoms with E-state index in [0.29, 0.717) is 12.2 Å². The minimum absolute atomic E-state index is 0.0180. The van der Waals surface area contributed by atoms with Gasteiger partial charge in [0.2, 0.25) is 5.91 Å². The van der Waals surface area contributed by atoms with Gasteiger partial charge >= 0.3 is 0 Å². The third-order valence-corrected chi connectivity index (χ3v) is 7.09. The van der Waals surface area contributed by atoms with E-state index in [1.54, 1.807) is 17.1 Å². The number of amides is 2. The molecule has 2 atom stereocenters. The quantitative estimate of drug-likeness (QED) is 0.763. The van der Waals surface area contributed by atoms with Crippen molar-refractivity contribution in [2.45, 2.75) is 51.5 Å². The van der Waals surface area contributed by atoms with Crippen LogP contribution in [0.1, 0.15) is 55.1 Å². The van der Waals surface area contributed by atoms with Crippen LogP contribution in [0, 0.1) is 5.41 Å². The molecule has 6 heteroatoms. The Morgan fingerprint density at radius 1 is 1.17 bits per heavy atom. The van der Waals surface area contributed by atoms with Gasteiger partial charge in [0, 0.05) is 32.7 Å². The predicted octanol–water partition coefficient (Wildman–Crippen LogP) is 3.29. The van der Waals surface area contributed by atoms with Gasteiger partial charge in [0.15, 0.2) is 0 Å². The number of nitrogens with zero attached hydrogens (tertiary/aromatic N) is 4. The van der Waals surface area contributed by atoms with Crippen molar-refractivity contribution in [2.24, 2.45) is 12.5 Å². The fourth-order valence-electron chi connectivity index (χ4n) is 5.31. The monoisotopic (exact) mass is 408 g/mol. The minimum Gasteiger partial charge on any atom is -0.342 e. The number of rotatable bonds is 5. The Kier molecular flexibility index (Phi) is 5.93. The van der Waals surface area contributed by atoms with Gasteiger partial charge < -0.3 is 14.4 Å². The number of aryl methyl sites for hydroxylation is 2. The Labute approximate surface area is 178 Å². The van der Waals surface area contributed by atoms with E-state index in [-0.39, 0.29) is 17.9 Å². The summed E-state index contributed by atoms with van der Waals surface area (Å²) in [5.41, 5.74) is 1.45. The number of likely N-dealkylation sites (tertiary alicyclic amines) is 2. The first-order valence-electron chi connectivity index (χ1n) is 11.1. The maximum Gasteiger partial charge on any atom is 0.272 e. The molecule has 2 saturated heterocycles. The second kappa shape index (κ2) is 8.62. The largest absolute Gasteiger partial charge is 0.342 e. The Morgan fingerprint density at radius 3 is 2.60 bits per heavy atom. The van der Waals surface area contributed by atoms with Crippen LogP contribution in [0.2, 0.25) is 0 Å². The number of aromatic nitrogens is 2. The summed E-state index contributed by atoms with van der Waals surface area (Å²) >= 11 is 0. The van der Waals surface area contributed by atoms with Crippen LogP contribution in [-0.2, 0) is 18.3 Å². The maximum atomic E-state index is 13.6. The third kappa shape index (κ3) is 3.75. The van der Waals surface area contributed by atoms with Crippen molar-refractivity contribution in [2.75, 3.05) is 19.6 Å². The van der Waals surface area contributed by atoms with Gasteiger partial charge in [0.25, 0.3) is 5.91 Å². The van der Waals surface area contributed by atoms with E-state index in [0.717, 1.165) is 51.6 Å². The third-order valence-electron chi connectivity index (χ3n) is 7.09. The van der Waals surface area contributed by atoms with Crippen molar-refractivity contribution in [3.05, 3.63) is 54.1 Å². The molecule has 2 fully saturated rings. The summed E-state index contributed by atoms with van der Waals surface area (Å²) < 4.78 is 1.76. The van der Waals surface area contributed by atoms with Crippen LogP contribution in [0.3, 0.4) is 0 Å².